The van der Waals surface area contributed by atoms with E-state index in [1.807, 2.05) is 12.1 Å². The highest BCUT2D eigenvalue weighted by molar-refractivity contribution is 5.70. The van der Waals surface area contributed by atoms with Crippen LogP contribution in [-0.4, -0.2) is 7.05 Å². The van der Waals surface area contributed by atoms with Crippen molar-refractivity contribution >= 4 is 17.1 Å². The van der Waals surface area contributed by atoms with Crippen molar-refractivity contribution in [2.45, 2.75) is 6.92 Å². The molecule has 2 heteroatoms. The molecule has 0 fully saturated rings. The molecule has 110 valence electrons. The van der Waals surface area contributed by atoms with E-state index in [1.54, 1.807) is 0 Å². The number of nitrogens with two attached hydrogens (primary N) is 1. The van der Waals surface area contributed by atoms with E-state index in [1.165, 1.54) is 28.1 Å². The summed E-state index contributed by atoms with van der Waals surface area (Å²) in [4.78, 5) is 2.19. The zero-order valence-corrected chi connectivity index (χ0v) is 13.0. The van der Waals surface area contributed by atoms with Gasteiger partial charge in [-0.2, -0.15) is 0 Å². The summed E-state index contributed by atoms with van der Waals surface area (Å²) in [7, 11) is 2.09. The molecule has 0 aliphatic heterocycles. The van der Waals surface area contributed by atoms with Gasteiger partial charge in [-0.1, -0.05) is 36.4 Å². The highest BCUT2D eigenvalue weighted by Gasteiger charge is 2.05. The maximum Gasteiger partial charge on any atom is 0.0410 e. The lowest BCUT2D eigenvalue weighted by molar-refractivity contribution is 1.20. The Labute approximate surface area is 131 Å². The number of benzene rings is 3. The predicted molar refractivity (Wildman–Crippen MR) is 95.5 cm³/mol. The van der Waals surface area contributed by atoms with E-state index in [9.17, 15) is 0 Å². The number of rotatable bonds is 3. The molecule has 3 rings (SSSR count). The number of nitrogens with zero attached hydrogens (tertiary/aromatic N) is 1. The van der Waals surface area contributed by atoms with Gasteiger partial charge in [0.05, 0.1) is 0 Å². The van der Waals surface area contributed by atoms with Crippen molar-refractivity contribution in [2.75, 3.05) is 17.7 Å². The van der Waals surface area contributed by atoms with E-state index in [2.05, 4.69) is 79.5 Å². The normalized spacial score (nSPS) is 10.5. The van der Waals surface area contributed by atoms with Gasteiger partial charge in [0, 0.05) is 24.1 Å². The quantitative estimate of drug-likeness (QED) is 0.686. The minimum absolute atomic E-state index is 0.791. The van der Waals surface area contributed by atoms with Gasteiger partial charge in [-0.25, -0.2) is 0 Å². The lowest BCUT2D eigenvalue weighted by atomic mass is 10.0. The Kier molecular flexibility index (Phi) is 3.84. The van der Waals surface area contributed by atoms with E-state index < -0.39 is 0 Å². The van der Waals surface area contributed by atoms with Gasteiger partial charge in [-0.15, -0.1) is 0 Å². The summed E-state index contributed by atoms with van der Waals surface area (Å²) in [5.74, 6) is 0. The SMILES string of the molecule is Cc1cccc(N(C)c2ccc(-c3ccc(N)cc3)cc2)c1. The minimum atomic E-state index is 0.791. The zero-order valence-electron chi connectivity index (χ0n) is 13.0. The van der Waals surface area contributed by atoms with Crippen LogP contribution < -0.4 is 10.6 Å². The monoisotopic (exact) mass is 288 g/mol. The lowest BCUT2D eigenvalue weighted by Crippen LogP contribution is -2.09. The van der Waals surface area contributed by atoms with Gasteiger partial charge in [0.15, 0.2) is 0 Å². The molecule has 0 saturated carbocycles. The van der Waals surface area contributed by atoms with Crippen LogP contribution in [0.5, 0.6) is 0 Å². The maximum atomic E-state index is 5.74. The third kappa shape index (κ3) is 2.96. The van der Waals surface area contributed by atoms with Crippen LogP contribution in [0, 0.1) is 6.92 Å². The van der Waals surface area contributed by atoms with Crippen LogP contribution in [0.3, 0.4) is 0 Å². The number of anilines is 3. The van der Waals surface area contributed by atoms with Gasteiger partial charge in [-0.05, 0) is 60.0 Å². The molecule has 2 nitrogen and oxygen atoms in total. The fraction of sp³-hybridized carbons (Fsp3) is 0.100. The molecule has 0 spiro atoms. The van der Waals surface area contributed by atoms with Crippen LogP contribution >= 0.6 is 0 Å². The van der Waals surface area contributed by atoms with Crippen LogP contribution in [0.1, 0.15) is 5.56 Å². The van der Waals surface area contributed by atoms with E-state index in [0.29, 0.717) is 0 Å². The minimum Gasteiger partial charge on any atom is -0.399 e. The standard InChI is InChI=1S/C20H20N2/c1-15-4-3-5-20(14-15)22(2)19-12-8-17(9-13-19)16-6-10-18(21)11-7-16/h3-14H,21H2,1-2H3. The van der Waals surface area contributed by atoms with E-state index in [4.69, 9.17) is 5.73 Å². The van der Waals surface area contributed by atoms with Crippen molar-refractivity contribution in [1.82, 2.24) is 0 Å². The second-order valence-corrected chi connectivity index (χ2v) is 5.57. The Hall–Kier alpha value is -2.74. The molecule has 22 heavy (non-hydrogen) atoms. The fourth-order valence-corrected chi connectivity index (χ4v) is 2.54. The van der Waals surface area contributed by atoms with E-state index in [-0.39, 0.29) is 0 Å². The molecule has 0 aromatic heterocycles. The zero-order chi connectivity index (χ0) is 15.5. The molecule has 0 aliphatic carbocycles. The van der Waals surface area contributed by atoms with Crippen molar-refractivity contribution in [3.8, 4) is 11.1 Å². The summed E-state index contributed by atoms with van der Waals surface area (Å²) in [5, 5.41) is 0. The van der Waals surface area contributed by atoms with Crippen LogP contribution in [0.15, 0.2) is 72.8 Å². The summed E-state index contributed by atoms with van der Waals surface area (Å²) >= 11 is 0. The highest BCUT2D eigenvalue weighted by atomic mass is 15.1. The fourth-order valence-electron chi connectivity index (χ4n) is 2.54. The summed E-state index contributed by atoms with van der Waals surface area (Å²) < 4.78 is 0. The van der Waals surface area contributed by atoms with Gasteiger partial charge in [-0.3, -0.25) is 0 Å². The third-order valence-corrected chi connectivity index (χ3v) is 3.89. The van der Waals surface area contributed by atoms with Crippen molar-refractivity contribution in [3.63, 3.8) is 0 Å². The molecule has 3 aromatic carbocycles. The Morgan fingerprint density at radius 1 is 0.727 bits per heavy atom. The van der Waals surface area contributed by atoms with Crippen molar-refractivity contribution in [3.05, 3.63) is 78.4 Å². The molecule has 0 amide bonds. The molecule has 0 atom stereocenters. The van der Waals surface area contributed by atoms with Gasteiger partial charge < -0.3 is 10.6 Å². The maximum absolute atomic E-state index is 5.74. The molecule has 0 aliphatic rings. The first-order valence-electron chi connectivity index (χ1n) is 7.40. The van der Waals surface area contributed by atoms with Crippen molar-refractivity contribution in [2.24, 2.45) is 0 Å². The molecule has 0 heterocycles. The average Bonchev–Trinajstić information content (AvgIpc) is 2.55. The van der Waals surface area contributed by atoms with Gasteiger partial charge in [0.25, 0.3) is 0 Å². The number of hydrogen-bond acceptors (Lipinski definition) is 2. The average molecular weight is 288 g/mol. The molecular weight excluding hydrogens is 268 g/mol. The van der Waals surface area contributed by atoms with Crippen LogP contribution in [0.4, 0.5) is 17.1 Å². The molecule has 0 bridgehead atoms. The number of aryl methyl sites for hydroxylation is 1. The molecule has 0 saturated heterocycles. The van der Waals surface area contributed by atoms with Crippen molar-refractivity contribution in [1.29, 1.82) is 0 Å². The molecular formula is C20H20N2. The van der Waals surface area contributed by atoms with Crippen LogP contribution in [0.25, 0.3) is 11.1 Å². The lowest BCUT2D eigenvalue weighted by Gasteiger charge is -2.20. The third-order valence-electron chi connectivity index (χ3n) is 3.89. The van der Waals surface area contributed by atoms with Crippen LogP contribution in [-0.2, 0) is 0 Å². The second kappa shape index (κ2) is 5.94. The smallest absolute Gasteiger partial charge is 0.0410 e. The number of nitrogen functional groups attached to an aromatic ring is 1. The second-order valence-electron chi connectivity index (χ2n) is 5.57. The first-order valence-corrected chi connectivity index (χ1v) is 7.40. The number of hydrogen-bond donors (Lipinski definition) is 1. The van der Waals surface area contributed by atoms with Gasteiger partial charge in [0.2, 0.25) is 0 Å². The topological polar surface area (TPSA) is 29.3 Å². The first kappa shape index (κ1) is 14.2. The Morgan fingerprint density at radius 2 is 1.32 bits per heavy atom. The Bertz CT molecular complexity index is 758. The van der Waals surface area contributed by atoms with Crippen LogP contribution in [0.2, 0.25) is 0 Å². The molecule has 3 aromatic rings. The van der Waals surface area contributed by atoms with Crippen molar-refractivity contribution < 1.29 is 0 Å². The summed E-state index contributed by atoms with van der Waals surface area (Å²) in [6, 6.07) is 25.1. The molecule has 0 unspecified atom stereocenters. The van der Waals surface area contributed by atoms with Gasteiger partial charge in [0.1, 0.15) is 0 Å². The first-order chi connectivity index (χ1) is 10.6. The van der Waals surface area contributed by atoms with E-state index in [0.717, 1.165) is 5.69 Å². The highest BCUT2D eigenvalue weighted by Crippen LogP contribution is 2.27. The summed E-state index contributed by atoms with van der Waals surface area (Å²) in [6.45, 7) is 2.11. The largest absolute Gasteiger partial charge is 0.399 e. The molecule has 2 N–H and O–H groups in total. The summed E-state index contributed by atoms with van der Waals surface area (Å²) in [6.07, 6.45) is 0. The van der Waals surface area contributed by atoms with E-state index >= 15 is 0 Å². The molecule has 0 radical (unpaired) electrons. The van der Waals surface area contributed by atoms with Gasteiger partial charge >= 0.3 is 0 Å². The Morgan fingerprint density at radius 3 is 1.91 bits per heavy atom. The summed E-state index contributed by atoms with van der Waals surface area (Å²) in [5.41, 5.74) is 12.5. The predicted octanol–water partition coefficient (Wildman–Crippen LogP) is 5.01. The Balaban J connectivity index is 1.86.